The average Bonchev–Trinajstić information content (AvgIpc) is 2.38. The number of nitrogens with one attached hydrogen (secondary N) is 1. The van der Waals surface area contributed by atoms with Gasteiger partial charge >= 0.3 is 6.18 Å². The Labute approximate surface area is 118 Å². The summed E-state index contributed by atoms with van der Waals surface area (Å²) in [5, 5.41) is 2.69. The molecule has 2 rings (SSSR count). The maximum atomic E-state index is 12.8. The number of alkyl halides is 3. The van der Waals surface area contributed by atoms with Gasteiger partial charge in [0.15, 0.2) is 0 Å². The first-order valence-electron chi connectivity index (χ1n) is 5.61. The third-order valence-electron chi connectivity index (χ3n) is 2.59. The van der Waals surface area contributed by atoms with Crippen molar-refractivity contribution >= 4 is 23.2 Å². The van der Waals surface area contributed by atoms with Gasteiger partial charge in [0.1, 0.15) is 0 Å². The summed E-state index contributed by atoms with van der Waals surface area (Å²) < 4.78 is 38.4. The van der Waals surface area contributed by atoms with Crippen molar-refractivity contribution in [1.29, 1.82) is 0 Å². The van der Waals surface area contributed by atoms with Gasteiger partial charge in [-0.15, -0.1) is 0 Å². The molecule has 2 aromatic carbocycles. The van der Waals surface area contributed by atoms with Crippen LogP contribution in [0, 0.1) is 0 Å². The second-order valence-electron chi connectivity index (χ2n) is 4.00. The normalized spacial score (nSPS) is 11.2. The van der Waals surface area contributed by atoms with Gasteiger partial charge < -0.3 is 5.32 Å². The second-order valence-corrected chi connectivity index (χ2v) is 4.44. The van der Waals surface area contributed by atoms with Crippen molar-refractivity contribution in [1.82, 2.24) is 0 Å². The Morgan fingerprint density at radius 1 is 1.00 bits per heavy atom. The molecule has 0 bridgehead atoms. The number of para-hydroxylation sites is 1. The zero-order valence-electron chi connectivity index (χ0n) is 10.0. The summed E-state index contributed by atoms with van der Waals surface area (Å²) in [7, 11) is 0. The first-order valence-corrected chi connectivity index (χ1v) is 5.99. The highest BCUT2D eigenvalue weighted by Crippen LogP contribution is 2.34. The van der Waals surface area contributed by atoms with E-state index in [9.17, 15) is 18.0 Å². The van der Waals surface area contributed by atoms with Gasteiger partial charge in [0, 0.05) is 10.6 Å². The largest absolute Gasteiger partial charge is 0.418 e. The molecule has 0 saturated carbocycles. The van der Waals surface area contributed by atoms with E-state index in [0.717, 1.165) is 6.07 Å². The standard InChI is InChI=1S/C14H9ClF3NO/c15-10-7-5-9(6-8-10)13(20)19-12-4-2-1-3-11(12)14(16,17)18/h1-8H,(H,19,20). The molecule has 0 atom stereocenters. The zero-order valence-corrected chi connectivity index (χ0v) is 10.8. The molecule has 20 heavy (non-hydrogen) atoms. The summed E-state index contributed by atoms with van der Waals surface area (Å²) >= 11 is 5.68. The number of rotatable bonds is 2. The summed E-state index contributed by atoms with van der Waals surface area (Å²) in [4.78, 5) is 11.9. The van der Waals surface area contributed by atoms with Crippen LogP contribution in [-0.2, 0) is 6.18 Å². The van der Waals surface area contributed by atoms with E-state index in [4.69, 9.17) is 11.6 Å². The predicted molar refractivity (Wildman–Crippen MR) is 70.8 cm³/mol. The average molecular weight is 300 g/mol. The van der Waals surface area contributed by atoms with E-state index in [2.05, 4.69) is 5.32 Å². The highest BCUT2D eigenvalue weighted by atomic mass is 35.5. The van der Waals surface area contributed by atoms with Crippen LogP contribution in [0.4, 0.5) is 18.9 Å². The Morgan fingerprint density at radius 3 is 2.20 bits per heavy atom. The lowest BCUT2D eigenvalue weighted by atomic mass is 10.1. The third-order valence-corrected chi connectivity index (χ3v) is 2.84. The van der Waals surface area contributed by atoms with Crippen molar-refractivity contribution in [2.45, 2.75) is 6.18 Å². The maximum absolute atomic E-state index is 12.8. The van der Waals surface area contributed by atoms with Crippen molar-refractivity contribution < 1.29 is 18.0 Å². The molecule has 2 aromatic rings. The number of carbonyl (C=O) groups excluding carboxylic acids is 1. The summed E-state index contributed by atoms with van der Waals surface area (Å²) in [5.74, 6) is -0.627. The molecular formula is C14H9ClF3NO. The number of hydrogen-bond donors (Lipinski definition) is 1. The molecule has 0 aromatic heterocycles. The van der Waals surface area contributed by atoms with Gasteiger partial charge in [0.25, 0.3) is 5.91 Å². The molecule has 0 spiro atoms. The molecule has 1 amide bonds. The van der Waals surface area contributed by atoms with E-state index in [1.54, 1.807) is 0 Å². The highest BCUT2D eigenvalue weighted by molar-refractivity contribution is 6.30. The minimum Gasteiger partial charge on any atom is -0.321 e. The van der Waals surface area contributed by atoms with Crippen LogP contribution in [-0.4, -0.2) is 5.91 Å². The van der Waals surface area contributed by atoms with Crippen LogP contribution >= 0.6 is 11.6 Å². The van der Waals surface area contributed by atoms with E-state index >= 15 is 0 Å². The molecule has 0 aliphatic rings. The van der Waals surface area contributed by atoms with Crippen LogP contribution in [0.25, 0.3) is 0 Å². The Morgan fingerprint density at radius 2 is 1.60 bits per heavy atom. The van der Waals surface area contributed by atoms with Crippen molar-refractivity contribution in [3.63, 3.8) is 0 Å². The highest BCUT2D eigenvalue weighted by Gasteiger charge is 2.33. The van der Waals surface area contributed by atoms with Gasteiger partial charge in [0.2, 0.25) is 0 Å². The molecule has 0 unspecified atom stereocenters. The second kappa shape index (κ2) is 5.54. The number of amides is 1. The van der Waals surface area contributed by atoms with Crippen LogP contribution in [0.2, 0.25) is 5.02 Å². The Bertz CT molecular complexity index is 623. The number of halogens is 4. The number of hydrogen-bond acceptors (Lipinski definition) is 1. The quantitative estimate of drug-likeness (QED) is 0.862. The predicted octanol–water partition coefficient (Wildman–Crippen LogP) is 4.61. The summed E-state index contributed by atoms with van der Waals surface area (Å²) in [5.41, 5.74) is -0.936. The van der Waals surface area contributed by atoms with Gasteiger partial charge in [0.05, 0.1) is 11.3 Å². The van der Waals surface area contributed by atoms with E-state index in [-0.39, 0.29) is 11.3 Å². The number of benzene rings is 2. The molecule has 2 nitrogen and oxygen atoms in total. The van der Waals surface area contributed by atoms with Crippen LogP contribution in [0.1, 0.15) is 15.9 Å². The van der Waals surface area contributed by atoms with Crippen molar-refractivity contribution in [3.05, 3.63) is 64.7 Å². The molecule has 0 aliphatic carbocycles. The van der Waals surface area contributed by atoms with Gasteiger partial charge in [-0.2, -0.15) is 13.2 Å². The molecule has 104 valence electrons. The molecule has 0 radical (unpaired) electrons. The lowest BCUT2D eigenvalue weighted by Gasteiger charge is -2.13. The molecule has 1 N–H and O–H groups in total. The summed E-state index contributed by atoms with van der Waals surface area (Å²) in [6, 6.07) is 10.7. The lowest BCUT2D eigenvalue weighted by Crippen LogP contribution is -2.16. The topological polar surface area (TPSA) is 29.1 Å². The van der Waals surface area contributed by atoms with Crippen molar-refractivity contribution in [3.8, 4) is 0 Å². The molecule has 0 saturated heterocycles. The van der Waals surface area contributed by atoms with Crippen LogP contribution in [0.3, 0.4) is 0 Å². The van der Waals surface area contributed by atoms with Crippen LogP contribution < -0.4 is 5.32 Å². The van der Waals surface area contributed by atoms with Gasteiger partial charge in [-0.1, -0.05) is 23.7 Å². The Balaban J connectivity index is 2.26. The van der Waals surface area contributed by atoms with E-state index in [0.29, 0.717) is 5.02 Å². The van der Waals surface area contributed by atoms with Gasteiger partial charge in [-0.05, 0) is 36.4 Å². The van der Waals surface area contributed by atoms with Crippen LogP contribution in [0.15, 0.2) is 48.5 Å². The fourth-order valence-electron chi connectivity index (χ4n) is 1.64. The van der Waals surface area contributed by atoms with Crippen LogP contribution in [0.5, 0.6) is 0 Å². The van der Waals surface area contributed by atoms with E-state index in [1.165, 1.54) is 42.5 Å². The number of anilines is 1. The van der Waals surface area contributed by atoms with Gasteiger partial charge in [-0.3, -0.25) is 4.79 Å². The SMILES string of the molecule is O=C(Nc1ccccc1C(F)(F)F)c1ccc(Cl)cc1. The molecular weight excluding hydrogens is 291 g/mol. The minimum absolute atomic E-state index is 0.228. The maximum Gasteiger partial charge on any atom is 0.418 e. The van der Waals surface area contributed by atoms with E-state index in [1.807, 2.05) is 0 Å². The Kier molecular flexibility index (Phi) is 3.99. The monoisotopic (exact) mass is 299 g/mol. The Hall–Kier alpha value is -2.01. The third kappa shape index (κ3) is 3.30. The molecule has 6 heteroatoms. The van der Waals surface area contributed by atoms with Crippen molar-refractivity contribution in [2.24, 2.45) is 0 Å². The zero-order chi connectivity index (χ0) is 14.8. The molecule has 0 aliphatic heterocycles. The minimum atomic E-state index is -4.52. The molecule has 0 fully saturated rings. The smallest absolute Gasteiger partial charge is 0.321 e. The lowest BCUT2D eigenvalue weighted by molar-refractivity contribution is -0.136. The van der Waals surface area contributed by atoms with E-state index < -0.39 is 17.6 Å². The first kappa shape index (κ1) is 14.4. The summed E-state index contributed by atoms with van der Waals surface area (Å²) in [6.07, 6.45) is -4.52. The molecule has 0 heterocycles. The first-order chi connectivity index (χ1) is 9.38. The number of carbonyl (C=O) groups is 1. The van der Waals surface area contributed by atoms with Gasteiger partial charge in [-0.25, -0.2) is 0 Å². The fraction of sp³-hybridized carbons (Fsp3) is 0.0714. The fourth-order valence-corrected chi connectivity index (χ4v) is 1.76. The van der Waals surface area contributed by atoms with Crippen molar-refractivity contribution in [2.75, 3.05) is 5.32 Å². The summed E-state index contributed by atoms with van der Waals surface area (Å²) in [6.45, 7) is 0.